The highest BCUT2D eigenvalue weighted by molar-refractivity contribution is 7.91. The van der Waals surface area contributed by atoms with Crippen molar-refractivity contribution in [3.8, 4) is 11.5 Å². The van der Waals surface area contributed by atoms with Gasteiger partial charge in [-0.25, -0.2) is 18.2 Å². The number of alkyl halides is 3. The van der Waals surface area contributed by atoms with E-state index < -0.39 is 85.9 Å². The van der Waals surface area contributed by atoms with Crippen LogP contribution in [0.5, 0.6) is 11.5 Å². The number of ether oxygens (including phenoxy) is 3. The van der Waals surface area contributed by atoms with Crippen LogP contribution in [0.1, 0.15) is 102 Å². The number of nitrogens with zero attached hydrogens (tertiary/aromatic N) is 2. The Morgan fingerprint density at radius 1 is 1.07 bits per heavy atom. The molecule has 5 atom stereocenters. The Morgan fingerprint density at radius 2 is 1.83 bits per heavy atom. The average Bonchev–Trinajstić information content (AvgIpc) is 4.12. The van der Waals surface area contributed by atoms with E-state index in [0.717, 1.165) is 16.5 Å². The second-order valence-corrected chi connectivity index (χ2v) is 20.2. The summed E-state index contributed by atoms with van der Waals surface area (Å²) in [6.07, 6.45) is 2.47. The van der Waals surface area contributed by atoms with Crippen molar-refractivity contribution in [3.05, 3.63) is 41.6 Å². The van der Waals surface area contributed by atoms with Gasteiger partial charge in [0.25, 0.3) is 5.91 Å². The second-order valence-electron chi connectivity index (χ2n) is 18.0. The van der Waals surface area contributed by atoms with Gasteiger partial charge in [-0.3, -0.25) is 19.1 Å². The van der Waals surface area contributed by atoms with Gasteiger partial charge in [-0.15, -0.1) is 0 Å². The summed E-state index contributed by atoms with van der Waals surface area (Å²) in [5, 5.41) is 6.29. The zero-order chi connectivity index (χ0) is 42.9. The first-order valence-corrected chi connectivity index (χ1v) is 22.3. The summed E-state index contributed by atoms with van der Waals surface area (Å²) in [7, 11) is -2.50. The lowest BCUT2D eigenvalue weighted by Crippen LogP contribution is -2.70. The Kier molecular flexibility index (Phi) is 10.6. The van der Waals surface area contributed by atoms with E-state index in [1.807, 2.05) is 37.3 Å². The molecular weight excluding hydrogens is 808 g/mol. The molecule has 2 aromatic rings. The number of allylic oxidation sites excluding steroid dienone is 1. The Bertz CT molecular complexity index is 2240. The summed E-state index contributed by atoms with van der Waals surface area (Å²) in [6, 6.07) is 3.04. The van der Waals surface area contributed by atoms with Crippen molar-refractivity contribution < 1.29 is 55.0 Å². The van der Waals surface area contributed by atoms with Gasteiger partial charge in [0.2, 0.25) is 21.8 Å². The summed E-state index contributed by atoms with van der Waals surface area (Å²) in [5.74, 6) is -1.59. The van der Waals surface area contributed by atoms with Gasteiger partial charge in [0.1, 0.15) is 46.7 Å². The number of methoxy groups -OCH3 is 1. The lowest BCUT2D eigenvalue weighted by Gasteiger charge is -2.48. The molecule has 6 aliphatic rings. The lowest BCUT2D eigenvalue weighted by molar-refractivity contribution is -0.196. The zero-order valence-corrected chi connectivity index (χ0v) is 34.9. The maximum atomic E-state index is 14.8. The monoisotopic (exact) mass is 859 g/mol. The van der Waals surface area contributed by atoms with Crippen LogP contribution in [0.3, 0.4) is 0 Å². The van der Waals surface area contributed by atoms with Crippen LogP contribution < -0.4 is 24.8 Å². The van der Waals surface area contributed by atoms with Crippen LogP contribution in [0.25, 0.3) is 10.9 Å². The fraction of sp³-hybridized carbons (Fsp3) is 0.643. The van der Waals surface area contributed by atoms with Gasteiger partial charge in [0.15, 0.2) is 0 Å². The molecule has 1 aromatic heterocycles. The SMILES string of the molecule is COc1ccc2nc(C)c3c(c2c1)CCC1(CC2C(=O)NC4(C(=O)NS(=O)(=O)C5(C)CC5)CCC4C=CCCCCCC(NC(=O)OCC4(C(F)(F)F)CC4)C(=O)N2C1)O3. The number of pyridine rings is 1. The van der Waals surface area contributed by atoms with Crippen molar-refractivity contribution in [1.29, 1.82) is 0 Å². The third-order valence-corrected chi connectivity index (χ3v) is 16.0. The molecule has 8 rings (SSSR count). The summed E-state index contributed by atoms with van der Waals surface area (Å²) < 4.78 is 86.3. The minimum absolute atomic E-state index is 0.0144. The molecule has 3 aliphatic carbocycles. The van der Waals surface area contributed by atoms with E-state index in [0.29, 0.717) is 75.0 Å². The van der Waals surface area contributed by atoms with Gasteiger partial charge in [0, 0.05) is 23.3 Å². The van der Waals surface area contributed by atoms with E-state index in [1.165, 1.54) is 4.90 Å². The van der Waals surface area contributed by atoms with E-state index in [9.17, 15) is 40.8 Å². The number of sulfonamides is 1. The van der Waals surface area contributed by atoms with E-state index in [2.05, 4.69) is 15.4 Å². The molecule has 326 valence electrons. The Hall–Kier alpha value is -4.61. The molecule has 4 amide bonds. The number of rotatable bonds is 7. The number of benzene rings is 1. The van der Waals surface area contributed by atoms with Crippen LogP contribution in [-0.2, 0) is 35.6 Å². The smallest absolute Gasteiger partial charge is 0.407 e. The van der Waals surface area contributed by atoms with E-state index >= 15 is 0 Å². The van der Waals surface area contributed by atoms with E-state index in [4.69, 9.17) is 19.2 Å². The van der Waals surface area contributed by atoms with Gasteiger partial charge in [0.05, 0.1) is 29.6 Å². The number of halogens is 3. The molecule has 0 radical (unpaired) electrons. The number of nitrogens with one attached hydrogen (secondary N) is 3. The van der Waals surface area contributed by atoms with Crippen molar-refractivity contribution in [2.24, 2.45) is 11.3 Å². The molecule has 3 saturated carbocycles. The van der Waals surface area contributed by atoms with Crippen LogP contribution in [0.15, 0.2) is 30.4 Å². The number of fused-ring (bicyclic) bond motifs is 5. The number of hydrogen-bond acceptors (Lipinski definition) is 10. The molecule has 18 heteroatoms. The van der Waals surface area contributed by atoms with Crippen LogP contribution in [0.2, 0.25) is 0 Å². The minimum atomic E-state index is -4.55. The number of alkyl carbamates (subject to hydrolysis) is 1. The molecule has 3 N–H and O–H groups in total. The first kappa shape index (κ1) is 42.1. The quantitative estimate of drug-likeness (QED) is 0.304. The highest BCUT2D eigenvalue weighted by Crippen LogP contribution is 2.57. The van der Waals surface area contributed by atoms with Crippen molar-refractivity contribution in [3.63, 3.8) is 0 Å². The van der Waals surface area contributed by atoms with Gasteiger partial charge in [-0.1, -0.05) is 25.0 Å². The maximum absolute atomic E-state index is 14.8. The number of hydrogen-bond donors (Lipinski definition) is 3. The number of aromatic nitrogens is 1. The predicted molar refractivity (Wildman–Crippen MR) is 211 cm³/mol. The molecular formula is C42H52F3N5O9S. The van der Waals surface area contributed by atoms with E-state index in [1.54, 1.807) is 14.0 Å². The summed E-state index contributed by atoms with van der Waals surface area (Å²) in [5.41, 5.74) is -2.63. The average molecular weight is 860 g/mol. The fourth-order valence-corrected chi connectivity index (χ4v) is 10.5. The Labute approximate surface area is 346 Å². The first-order valence-electron chi connectivity index (χ1n) is 20.9. The molecule has 5 unspecified atom stereocenters. The minimum Gasteiger partial charge on any atom is -0.497 e. The second kappa shape index (κ2) is 15.1. The standard InChI is InChI=1S/C42H52F3N5O9S/c1-25-33-28(29-21-27(57-3)11-12-30(29)46-25)14-15-40(59-33)22-32-34(51)48-41(36(53)49-60(55,56)38(2)17-18-38)16-13-26(41)9-7-5-4-6-8-10-31(35(52)50(32)23-40)47-37(54)58-24-39(19-20-39)42(43,44)45/h7,9,11-12,21,26,31-32H,4-6,8,10,13-20,22-24H2,1-3H3,(H,47,54)(H,48,51)(H,49,53). The van der Waals surface area contributed by atoms with Crippen molar-refractivity contribution >= 4 is 44.7 Å². The van der Waals surface area contributed by atoms with Crippen LogP contribution in [-0.4, -0.2) is 96.5 Å². The number of amides is 4. The summed E-state index contributed by atoms with van der Waals surface area (Å²) in [4.78, 5) is 63.1. The fourth-order valence-electron chi connectivity index (χ4n) is 9.22. The first-order chi connectivity index (χ1) is 28.3. The molecule has 4 heterocycles. The molecule has 1 aromatic carbocycles. The molecule has 14 nitrogen and oxygen atoms in total. The Balaban J connectivity index is 1.12. The normalized spacial score (nSPS) is 29.6. The molecule has 1 saturated heterocycles. The molecule has 4 fully saturated rings. The summed E-state index contributed by atoms with van der Waals surface area (Å²) in [6.45, 7) is 2.40. The van der Waals surface area contributed by atoms with Gasteiger partial charge >= 0.3 is 12.3 Å². The third-order valence-electron chi connectivity index (χ3n) is 13.9. The number of carbonyl (C=O) groups is 4. The highest BCUT2D eigenvalue weighted by atomic mass is 32.2. The predicted octanol–water partition coefficient (Wildman–Crippen LogP) is 5.44. The third kappa shape index (κ3) is 7.54. The topological polar surface area (TPSA) is 182 Å². The van der Waals surface area contributed by atoms with E-state index in [-0.39, 0.29) is 38.6 Å². The molecule has 1 spiro atoms. The van der Waals surface area contributed by atoms with Gasteiger partial charge in [-0.2, -0.15) is 13.2 Å². The zero-order valence-electron chi connectivity index (χ0n) is 34.0. The summed E-state index contributed by atoms with van der Waals surface area (Å²) >= 11 is 0. The van der Waals surface area contributed by atoms with Crippen molar-refractivity contribution in [2.75, 3.05) is 20.3 Å². The van der Waals surface area contributed by atoms with Gasteiger partial charge < -0.3 is 29.7 Å². The number of aryl methyl sites for hydroxylation is 2. The molecule has 3 aliphatic heterocycles. The largest absolute Gasteiger partial charge is 0.497 e. The van der Waals surface area contributed by atoms with Crippen LogP contribution >= 0.6 is 0 Å². The highest BCUT2D eigenvalue weighted by Gasteiger charge is 2.64. The number of carbonyl (C=O) groups excluding carboxylic acids is 4. The van der Waals surface area contributed by atoms with Crippen LogP contribution in [0, 0.1) is 18.3 Å². The maximum Gasteiger partial charge on any atom is 0.407 e. The molecule has 60 heavy (non-hydrogen) atoms. The Morgan fingerprint density at radius 3 is 2.50 bits per heavy atom. The van der Waals surface area contributed by atoms with Crippen LogP contribution in [0.4, 0.5) is 18.0 Å². The van der Waals surface area contributed by atoms with Crippen molar-refractivity contribution in [1.82, 2.24) is 25.2 Å². The van der Waals surface area contributed by atoms with Crippen molar-refractivity contribution in [2.45, 2.75) is 138 Å². The molecule has 0 bridgehead atoms. The lowest BCUT2D eigenvalue weighted by atomic mass is 9.65. The van der Waals surface area contributed by atoms with Gasteiger partial charge in [-0.05, 0) is 103 Å².